The van der Waals surface area contributed by atoms with Gasteiger partial charge < -0.3 is 15.8 Å². The summed E-state index contributed by atoms with van der Waals surface area (Å²) in [5.41, 5.74) is 6.33. The molecule has 5 nitrogen and oxygen atoms in total. The first-order chi connectivity index (χ1) is 7.15. The second kappa shape index (κ2) is 5.38. The standard InChI is InChI=1S/C10H18N4O/c1-4-5-12-9-8(11)10(14-6-13-9)15-7(2)3/h6-7H,4-5,11H2,1-3H3,(H,12,13,14). The van der Waals surface area contributed by atoms with E-state index < -0.39 is 0 Å². The van der Waals surface area contributed by atoms with Crippen LogP contribution in [0.25, 0.3) is 0 Å². The zero-order chi connectivity index (χ0) is 11.3. The zero-order valence-electron chi connectivity index (χ0n) is 9.45. The Bertz CT molecular complexity index is 314. The lowest BCUT2D eigenvalue weighted by molar-refractivity contribution is 0.234. The highest BCUT2D eigenvalue weighted by Crippen LogP contribution is 2.25. The van der Waals surface area contributed by atoms with Gasteiger partial charge in [0.15, 0.2) is 5.82 Å². The Morgan fingerprint density at radius 2 is 2.20 bits per heavy atom. The van der Waals surface area contributed by atoms with E-state index >= 15 is 0 Å². The van der Waals surface area contributed by atoms with Gasteiger partial charge in [0, 0.05) is 6.54 Å². The van der Waals surface area contributed by atoms with Gasteiger partial charge in [0.2, 0.25) is 5.88 Å². The number of nitrogens with two attached hydrogens (primary N) is 1. The molecule has 1 aromatic rings. The summed E-state index contributed by atoms with van der Waals surface area (Å²) in [5, 5.41) is 3.12. The Morgan fingerprint density at radius 1 is 1.47 bits per heavy atom. The van der Waals surface area contributed by atoms with Crippen molar-refractivity contribution >= 4 is 11.5 Å². The first-order valence-electron chi connectivity index (χ1n) is 5.16. The van der Waals surface area contributed by atoms with Crippen LogP contribution in [0.5, 0.6) is 5.88 Å². The molecule has 0 aliphatic carbocycles. The van der Waals surface area contributed by atoms with Crippen molar-refractivity contribution < 1.29 is 4.74 Å². The first-order valence-corrected chi connectivity index (χ1v) is 5.16. The van der Waals surface area contributed by atoms with E-state index in [0.717, 1.165) is 13.0 Å². The molecule has 1 heterocycles. The van der Waals surface area contributed by atoms with Gasteiger partial charge in [-0.05, 0) is 20.3 Å². The number of aromatic nitrogens is 2. The molecular formula is C10H18N4O. The van der Waals surface area contributed by atoms with Crippen LogP contribution in [0.1, 0.15) is 27.2 Å². The fraction of sp³-hybridized carbons (Fsp3) is 0.600. The summed E-state index contributed by atoms with van der Waals surface area (Å²) in [4.78, 5) is 8.05. The van der Waals surface area contributed by atoms with Crippen LogP contribution in [0.15, 0.2) is 6.33 Å². The summed E-state index contributed by atoms with van der Waals surface area (Å²) < 4.78 is 5.45. The van der Waals surface area contributed by atoms with Gasteiger partial charge in [0.25, 0.3) is 0 Å². The fourth-order valence-corrected chi connectivity index (χ4v) is 1.08. The van der Waals surface area contributed by atoms with Crippen molar-refractivity contribution in [2.24, 2.45) is 0 Å². The summed E-state index contributed by atoms with van der Waals surface area (Å²) in [7, 11) is 0. The first kappa shape index (κ1) is 11.6. The highest BCUT2D eigenvalue weighted by atomic mass is 16.5. The third-order valence-electron chi connectivity index (χ3n) is 1.74. The third-order valence-corrected chi connectivity index (χ3v) is 1.74. The molecule has 0 spiro atoms. The molecule has 0 aliphatic rings. The molecule has 0 aliphatic heterocycles. The molecule has 15 heavy (non-hydrogen) atoms. The normalized spacial score (nSPS) is 10.4. The van der Waals surface area contributed by atoms with E-state index in [2.05, 4.69) is 22.2 Å². The van der Waals surface area contributed by atoms with Crippen LogP contribution in [0.3, 0.4) is 0 Å². The third kappa shape index (κ3) is 3.27. The van der Waals surface area contributed by atoms with E-state index in [0.29, 0.717) is 17.4 Å². The molecular weight excluding hydrogens is 192 g/mol. The van der Waals surface area contributed by atoms with E-state index in [1.54, 1.807) is 0 Å². The van der Waals surface area contributed by atoms with Gasteiger partial charge in [-0.3, -0.25) is 0 Å². The molecule has 0 atom stereocenters. The number of nitrogen functional groups attached to an aromatic ring is 1. The average molecular weight is 210 g/mol. The second-order valence-corrected chi connectivity index (χ2v) is 3.53. The SMILES string of the molecule is CCCNc1ncnc(OC(C)C)c1N. The summed E-state index contributed by atoms with van der Waals surface area (Å²) in [6.45, 7) is 6.78. The summed E-state index contributed by atoms with van der Waals surface area (Å²) >= 11 is 0. The summed E-state index contributed by atoms with van der Waals surface area (Å²) in [6.07, 6.45) is 2.52. The quantitative estimate of drug-likeness (QED) is 0.773. The molecule has 0 unspecified atom stereocenters. The Hall–Kier alpha value is -1.52. The van der Waals surface area contributed by atoms with Crippen LogP contribution in [0.4, 0.5) is 11.5 Å². The zero-order valence-corrected chi connectivity index (χ0v) is 9.45. The minimum atomic E-state index is 0.0567. The molecule has 0 saturated heterocycles. The minimum Gasteiger partial charge on any atom is -0.473 e. The predicted octanol–water partition coefficient (Wildman–Crippen LogP) is 1.67. The van der Waals surface area contributed by atoms with Crippen LogP contribution in [0.2, 0.25) is 0 Å². The van der Waals surface area contributed by atoms with Gasteiger partial charge in [-0.25, -0.2) is 4.98 Å². The largest absolute Gasteiger partial charge is 0.473 e. The van der Waals surface area contributed by atoms with Gasteiger partial charge in [-0.2, -0.15) is 4.98 Å². The molecule has 0 saturated carbocycles. The maximum absolute atomic E-state index is 5.86. The maximum Gasteiger partial charge on any atom is 0.242 e. The monoisotopic (exact) mass is 210 g/mol. The lowest BCUT2D eigenvalue weighted by Crippen LogP contribution is -2.12. The molecule has 84 valence electrons. The smallest absolute Gasteiger partial charge is 0.242 e. The average Bonchev–Trinajstić information content (AvgIpc) is 2.19. The van der Waals surface area contributed by atoms with Crippen LogP contribution in [-0.4, -0.2) is 22.6 Å². The molecule has 5 heteroatoms. The van der Waals surface area contributed by atoms with Crippen LogP contribution >= 0.6 is 0 Å². The highest BCUT2D eigenvalue weighted by molar-refractivity contribution is 5.66. The molecule has 0 bridgehead atoms. The molecule has 0 amide bonds. The van der Waals surface area contributed by atoms with Gasteiger partial charge in [-0.1, -0.05) is 6.92 Å². The molecule has 3 N–H and O–H groups in total. The fourth-order valence-electron chi connectivity index (χ4n) is 1.08. The second-order valence-electron chi connectivity index (χ2n) is 3.53. The molecule has 0 fully saturated rings. The van der Waals surface area contributed by atoms with E-state index in [1.807, 2.05) is 13.8 Å². The molecule has 0 radical (unpaired) electrons. The number of nitrogens with zero attached hydrogens (tertiary/aromatic N) is 2. The number of hydrogen-bond acceptors (Lipinski definition) is 5. The van der Waals surface area contributed by atoms with E-state index in [-0.39, 0.29) is 6.10 Å². The maximum atomic E-state index is 5.86. The van der Waals surface area contributed by atoms with Crippen molar-refractivity contribution in [3.05, 3.63) is 6.33 Å². The Balaban J connectivity index is 2.80. The summed E-state index contributed by atoms with van der Waals surface area (Å²) in [6, 6.07) is 0. The highest BCUT2D eigenvalue weighted by Gasteiger charge is 2.09. The number of hydrogen-bond donors (Lipinski definition) is 2. The topological polar surface area (TPSA) is 73.1 Å². The van der Waals surface area contributed by atoms with Crippen molar-refractivity contribution in [3.8, 4) is 5.88 Å². The van der Waals surface area contributed by atoms with Gasteiger partial charge in [-0.15, -0.1) is 0 Å². The number of anilines is 2. The van der Waals surface area contributed by atoms with Crippen molar-refractivity contribution in [3.63, 3.8) is 0 Å². The molecule has 0 aromatic carbocycles. The van der Waals surface area contributed by atoms with Crippen molar-refractivity contribution in [1.29, 1.82) is 0 Å². The predicted molar refractivity (Wildman–Crippen MR) is 61.0 cm³/mol. The number of ether oxygens (including phenoxy) is 1. The van der Waals surface area contributed by atoms with Crippen LogP contribution < -0.4 is 15.8 Å². The van der Waals surface area contributed by atoms with E-state index in [4.69, 9.17) is 10.5 Å². The van der Waals surface area contributed by atoms with Crippen molar-refractivity contribution in [2.75, 3.05) is 17.6 Å². The number of rotatable bonds is 5. The molecule has 1 aromatic heterocycles. The summed E-state index contributed by atoms with van der Waals surface area (Å²) in [5.74, 6) is 1.08. The van der Waals surface area contributed by atoms with Gasteiger partial charge >= 0.3 is 0 Å². The van der Waals surface area contributed by atoms with Gasteiger partial charge in [0.1, 0.15) is 12.0 Å². The lowest BCUT2D eigenvalue weighted by Gasteiger charge is -2.13. The Labute approximate surface area is 90.1 Å². The van der Waals surface area contributed by atoms with Gasteiger partial charge in [0.05, 0.1) is 6.10 Å². The van der Waals surface area contributed by atoms with Crippen LogP contribution in [-0.2, 0) is 0 Å². The van der Waals surface area contributed by atoms with Crippen LogP contribution in [0, 0.1) is 0 Å². The van der Waals surface area contributed by atoms with E-state index in [1.165, 1.54) is 6.33 Å². The van der Waals surface area contributed by atoms with E-state index in [9.17, 15) is 0 Å². The minimum absolute atomic E-state index is 0.0567. The van der Waals surface area contributed by atoms with Crippen molar-refractivity contribution in [1.82, 2.24) is 9.97 Å². The Morgan fingerprint density at radius 3 is 2.80 bits per heavy atom. The number of nitrogens with one attached hydrogen (secondary N) is 1. The lowest BCUT2D eigenvalue weighted by atomic mass is 10.4. The Kier molecular flexibility index (Phi) is 4.15. The molecule has 1 rings (SSSR count). The van der Waals surface area contributed by atoms with Crippen molar-refractivity contribution in [2.45, 2.75) is 33.3 Å².